The number of hydrogen-bond acceptors (Lipinski definition) is 10. The summed E-state index contributed by atoms with van der Waals surface area (Å²) in [6.07, 6.45) is -4.76. The van der Waals surface area contributed by atoms with Crippen molar-refractivity contribution in [2.45, 2.75) is 134 Å². The quantitative estimate of drug-likeness (QED) is 0.0711. The molecule has 2 rings (SSSR count). The third-order valence-corrected chi connectivity index (χ3v) is 8.70. The third-order valence-electron chi connectivity index (χ3n) is 7.96. The van der Waals surface area contributed by atoms with Crippen molar-refractivity contribution in [3.8, 4) is 0 Å². The van der Waals surface area contributed by atoms with Crippen LogP contribution in [0.1, 0.15) is 86.3 Å². The number of likely N-dealkylation sites (N-methyl/N-ethyl adjacent to an activating group) is 2. The van der Waals surface area contributed by atoms with Crippen LogP contribution in [-0.2, 0) is 51.2 Å². The molecule has 312 valence electrons. The third kappa shape index (κ3) is 17.2. The van der Waals surface area contributed by atoms with Gasteiger partial charge in [0.2, 0.25) is 6.10 Å². The number of esters is 3. The number of carbonyl (C=O) groups is 5. The first-order valence-corrected chi connectivity index (χ1v) is 18.7. The molecule has 0 aromatic heterocycles. The Labute approximate surface area is 330 Å². The van der Waals surface area contributed by atoms with Crippen LogP contribution >= 0.6 is 11.8 Å². The lowest BCUT2D eigenvalue weighted by molar-refractivity contribution is -0.175. The number of benzene rings is 2. The zero-order valence-electron chi connectivity index (χ0n) is 33.8. The molecule has 0 aliphatic heterocycles. The minimum Gasteiger partial charge on any atom is -0.458 e. The van der Waals surface area contributed by atoms with E-state index >= 15 is 4.39 Å². The van der Waals surface area contributed by atoms with Gasteiger partial charge in [-0.05, 0) is 88.4 Å². The molecule has 2 unspecified atom stereocenters. The molecular formula is C40H54F4N2O9S. The van der Waals surface area contributed by atoms with E-state index in [0.29, 0.717) is 11.1 Å². The van der Waals surface area contributed by atoms with Gasteiger partial charge in [-0.15, -0.1) is 0 Å². The lowest BCUT2D eigenvalue weighted by Crippen LogP contribution is -2.52. The fraction of sp³-hybridized carbons (Fsp3) is 0.575. The molecule has 0 aliphatic carbocycles. The molecule has 0 bridgehead atoms. The van der Waals surface area contributed by atoms with Gasteiger partial charge in [-0.3, -0.25) is 9.69 Å². The topological polar surface area (TPSA) is 129 Å². The van der Waals surface area contributed by atoms with E-state index in [2.05, 4.69) is 0 Å². The van der Waals surface area contributed by atoms with Crippen LogP contribution < -0.4 is 0 Å². The summed E-state index contributed by atoms with van der Waals surface area (Å²) in [5, 5.41) is 0. The summed E-state index contributed by atoms with van der Waals surface area (Å²) in [7, 11) is 2.56. The van der Waals surface area contributed by atoms with Crippen LogP contribution in [0, 0.1) is 5.41 Å². The molecule has 0 saturated heterocycles. The van der Waals surface area contributed by atoms with E-state index in [4.69, 9.17) is 18.9 Å². The summed E-state index contributed by atoms with van der Waals surface area (Å²) in [6, 6.07) is 10.8. The zero-order valence-corrected chi connectivity index (χ0v) is 34.6. The van der Waals surface area contributed by atoms with Crippen molar-refractivity contribution in [2.24, 2.45) is 5.41 Å². The van der Waals surface area contributed by atoms with E-state index in [9.17, 15) is 37.1 Å². The van der Waals surface area contributed by atoms with Crippen LogP contribution in [0.25, 0.3) is 0 Å². The highest BCUT2D eigenvalue weighted by Crippen LogP contribution is 2.37. The maximum Gasteiger partial charge on any atom is 0.446 e. The van der Waals surface area contributed by atoms with Crippen molar-refractivity contribution in [2.75, 3.05) is 14.1 Å². The maximum atomic E-state index is 15.2. The summed E-state index contributed by atoms with van der Waals surface area (Å²) in [6.45, 7) is 13.9. The molecule has 0 N–H and O–H groups in total. The number of carbonyl (C=O) groups excluding carboxylic acids is 5. The maximum absolute atomic E-state index is 15.2. The van der Waals surface area contributed by atoms with Crippen molar-refractivity contribution in [3.05, 3.63) is 65.7 Å². The number of halogens is 4. The number of hydrogen-bond donors (Lipinski definition) is 0. The van der Waals surface area contributed by atoms with E-state index < -0.39 is 82.8 Å². The summed E-state index contributed by atoms with van der Waals surface area (Å²) in [5.41, 5.74) is -6.98. The molecule has 2 aromatic carbocycles. The molecular weight excluding hydrogens is 761 g/mol. The molecule has 56 heavy (non-hydrogen) atoms. The van der Waals surface area contributed by atoms with Gasteiger partial charge in [-0.1, -0.05) is 63.2 Å². The first kappa shape index (κ1) is 47.8. The summed E-state index contributed by atoms with van der Waals surface area (Å²) in [5.74, 6) is -4.02. The second kappa shape index (κ2) is 19.7. The van der Waals surface area contributed by atoms with Gasteiger partial charge in [0.05, 0.1) is 0 Å². The fourth-order valence-corrected chi connectivity index (χ4v) is 5.80. The fourth-order valence-electron chi connectivity index (χ4n) is 5.26. The van der Waals surface area contributed by atoms with E-state index in [0.717, 1.165) is 9.80 Å². The summed E-state index contributed by atoms with van der Waals surface area (Å²) < 4.78 is 76.0. The Morgan fingerprint density at radius 3 is 1.73 bits per heavy atom. The van der Waals surface area contributed by atoms with E-state index in [1.807, 2.05) is 20.8 Å². The second-order valence-corrected chi connectivity index (χ2v) is 17.4. The molecule has 4 atom stereocenters. The Morgan fingerprint density at radius 2 is 1.23 bits per heavy atom. The van der Waals surface area contributed by atoms with Crippen molar-refractivity contribution in [3.63, 3.8) is 0 Å². The van der Waals surface area contributed by atoms with Crippen LogP contribution in [0.4, 0.5) is 22.4 Å². The number of ether oxygens (including phenoxy) is 4. The molecule has 0 radical (unpaired) electrons. The largest absolute Gasteiger partial charge is 0.458 e. The van der Waals surface area contributed by atoms with E-state index in [-0.39, 0.29) is 36.1 Å². The lowest BCUT2D eigenvalue weighted by Gasteiger charge is -2.34. The Balaban J connectivity index is 2.37. The number of amides is 2. The van der Waals surface area contributed by atoms with Crippen molar-refractivity contribution in [1.29, 1.82) is 0 Å². The normalized spacial score (nSPS) is 14.4. The molecule has 0 fully saturated rings. The van der Waals surface area contributed by atoms with Crippen molar-refractivity contribution >= 4 is 41.7 Å². The van der Waals surface area contributed by atoms with Gasteiger partial charge in [0, 0.05) is 31.8 Å². The number of alkyl halides is 4. The summed E-state index contributed by atoms with van der Waals surface area (Å²) >= 11 is -0.324. The van der Waals surface area contributed by atoms with Gasteiger partial charge in [0.1, 0.15) is 30.0 Å². The Kier molecular flexibility index (Phi) is 16.8. The highest BCUT2D eigenvalue weighted by Gasteiger charge is 2.41. The molecule has 2 amide bonds. The van der Waals surface area contributed by atoms with Gasteiger partial charge < -0.3 is 23.8 Å². The van der Waals surface area contributed by atoms with Crippen molar-refractivity contribution < 1.29 is 60.5 Å². The number of nitrogens with zero attached hydrogens (tertiary/aromatic N) is 2. The minimum absolute atomic E-state index is 0.108. The predicted octanol–water partition coefficient (Wildman–Crippen LogP) is 8.06. The van der Waals surface area contributed by atoms with Crippen LogP contribution in [0.3, 0.4) is 0 Å². The van der Waals surface area contributed by atoms with Gasteiger partial charge in [0.15, 0.2) is 6.10 Å². The number of rotatable bonds is 16. The smallest absolute Gasteiger partial charge is 0.446 e. The molecule has 0 aliphatic rings. The number of thioether (sulfide) groups is 1. The highest BCUT2D eigenvalue weighted by atomic mass is 32.2. The van der Waals surface area contributed by atoms with Crippen molar-refractivity contribution in [1.82, 2.24) is 9.80 Å². The van der Waals surface area contributed by atoms with E-state index in [1.165, 1.54) is 59.1 Å². The minimum atomic E-state index is -4.52. The van der Waals surface area contributed by atoms with Gasteiger partial charge >= 0.3 is 29.5 Å². The van der Waals surface area contributed by atoms with Gasteiger partial charge in [-0.2, -0.15) is 13.2 Å². The Bertz CT molecular complexity index is 1640. The van der Waals surface area contributed by atoms with Crippen LogP contribution in [0.5, 0.6) is 0 Å². The average molecular weight is 815 g/mol. The zero-order chi connectivity index (χ0) is 42.8. The lowest BCUT2D eigenvalue weighted by atomic mass is 9.87. The van der Waals surface area contributed by atoms with E-state index in [1.54, 1.807) is 51.1 Å². The van der Waals surface area contributed by atoms with Gasteiger partial charge in [0.25, 0.3) is 5.91 Å². The molecule has 16 heteroatoms. The first-order valence-electron chi connectivity index (χ1n) is 17.9. The summed E-state index contributed by atoms with van der Waals surface area (Å²) in [4.78, 5) is 69.3. The molecule has 0 spiro atoms. The molecule has 11 nitrogen and oxygen atoms in total. The van der Waals surface area contributed by atoms with Gasteiger partial charge in [-0.25, -0.2) is 23.6 Å². The average Bonchev–Trinajstić information content (AvgIpc) is 3.06. The molecule has 2 aromatic rings. The van der Waals surface area contributed by atoms with Crippen LogP contribution in [0.2, 0.25) is 0 Å². The van der Waals surface area contributed by atoms with Crippen LogP contribution in [-0.4, -0.2) is 94.9 Å². The highest BCUT2D eigenvalue weighted by molar-refractivity contribution is 8.00. The molecule has 0 saturated carbocycles. The van der Waals surface area contributed by atoms with Crippen LogP contribution in [0.15, 0.2) is 59.5 Å². The first-order chi connectivity index (χ1) is 25.5. The Hall–Kier alpha value is -4.34. The Morgan fingerprint density at radius 1 is 0.696 bits per heavy atom. The molecule has 0 heterocycles. The SMILES string of the molecule is CC(OC(=O)C(CC(C)(C)C)N(C)C(=O)OC(C)(C)C)C(=O)N(C)[C@@H](CC(C)(C)F)C(=O)O[C@@H](Cc1ccc(SC(F)(F)F)cc1)C(=O)OCc1ccccc1. The predicted molar refractivity (Wildman–Crippen MR) is 202 cm³/mol. The standard InChI is InChI=1S/C40H54F4N2O9S/c1-25(53-33(48)29(22-37(2,3)4)46(11)36(51)55-38(5,6)7)32(47)45(10)30(23-39(8,9)41)34(49)54-31(35(50)52-24-27-15-13-12-14-16-27)21-26-17-19-28(20-18-26)56-40(42,43)44/h12-20,25,29-31H,21-24H2,1-11H3/t25?,29?,30-,31-/m0/s1. The monoisotopic (exact) mass is 814 g/mol. The second-order valence-electron chi connectivity index (χ2n) is 16.3.